The summed E-state index contributed by atoms with van der Waals surface area (Å²) >= 11 is 2.44. The number of esters is 1. The van der Waals surface area contributed by atoms with Gasteiger partial charge in [-0.2, -0.15) is 0 Å². The molecular formula is C16H29IO3. The number of hydrogen-bond donors (Lipinski definition) is 0. The Hall–Kier alpha value is 0.160. The molecule has 0 spiro atoms. The Morgan fingerprint density at radius 3 is 2.10 bits per heavy atom. The van der Waals surface area contributed by atoms with Gasteiger partial charge in [-0.05, 0) is 17.3 Å². The fraction of sp³-hybridized carbons (Fsp3) is 0.938. The summed E-state index contributed by atoms with van der Waals surface area (Å²) in [5.74, 6) is -0.0415. The van der Waals surface area contributed by atoms with Gasteiger partial charge in [0.15, 0.2) is 0 Å². The van der Waals surface area contributed by atoms with Crippen molar-refractivity contribution in [3.05, 3.63) is 0 Å². The summed E-state index contributed by atoms with van der Waals surface area (Å²) in [6.45, 7) is 4.06. The van der Waals surface area contributed by atoms with Crippen LogP contribution in [-0.4, -0.2) is 30.2 Å². The van der Waals surface area contributed by atoms with Crippen LogP contribution in [0.1, 0.15) is 64.7 Å². The molecule has 3 nitrogen and oxygen atoms in total. The van der Waals surface area contributed by atoms with Crippen molar-refractivity contribution in [2.75, 3.05) is 24.2 Å². The van der Waals surface area contributed by atoms with Crippen LogP contribution in [0.4, 0.5) is 0 Å². The SMILES string of the molecule is CC1(COC(=O)CCCCCCCCCCI)COC1. The number of carbonyl (C=O) groups excluding carboxylic acids is 1. The minimum Gasteiger partial charge on any atom is -0.465 e. The van der Waals surface area contributed by atoms with E-state index in [1.54, 1.807) is 0 Å². The normalized spacial score (nSPS) is 16.7. The number of halogens is 1. The van der Waals surface area contributed by atoms with E-state index in [-0.39, 0.29) is 11.4 Å². The lowest BCUT2D eigenvalue weighted by molar-refractivity contribution is -0.165. The van der Waals surface area contributed by atoms with Gasteiger partial charge in [-0.3, -0.25) is 4.79 Å². The summed E-state index contributed by atoms with van der Waals surface area (Å²) in [4.78, 5) is 11.6. The third-order valence-corrected chi connectivity index (χ3v) is 4.51. The second-order valence-corrected chi connectivity index (χ2v) is 7.31. The third-order valence-electron chi connectivity index (χ3n) is 3.75. The highest BCUT2D eigenvalue weighted by molar-refractivity contribution is 14.1. The Labute approximate surface area is 137 Å². The highest BCUT2D eigenvalue weighted by atomic mass is 127. The van der Waals surface area contributed by atoms with Crippen molar-refractivity contribution < 1.29 is 14.3 Å². The van der Waals surface area contributed by atoms with Gasteiger partial charge in [0.2, 0.25) is 0 Å². The zero-order valence-electron chi connectivity index (χ0n) is 12.8. The second-order valence-electron chi connectivity index (χ2n) is 6.23. The second kappa shape index (κ2) is 10.8. The van der Waals surface area contributed by atoms with Crippen LogP contribution in [0.25, 0.3) is 0 Å². The van der Waals surface area contributed by atoms with Gasteiger partial charge in [-0.1, -0.05) is 68.0 Å². The number of ether oxygens (including phenoxy) is 2. The molecule has 1 aliphatic heterocycles. The molecule has 1 heterocycles. The largest absolute Gasteiger partial charge is 0.465 e. The molecule has 0 saturated carbocycles. The van der Waals surface area contributed by atoms with Gasteiger partial charge in [-0.15, -0.1) is 0 Å². The number of alkyl halides is 1. The molecule has 0 amide bonds. The van der Waals surface area contributed by atoms with Crippen molar-refractivity contribution in [1.29, 1.82) is 0 Å². The predicted molar refractivity (Wildman–Crippen MR) is 90.3 cm³/mol. The summed E-state index contributed by atoms with van der Waals surface area (Å²) < 4.78 is 11.7. The van der Waals surface area contributed by atoms with E-state index in [4.69, 9.17) is 9.47 Å². The van der Waals surface area contributed by atoms with Gasteiger partial charge in [0.25, 0.3) is 0 Å². The maximum Gasteiger partial charge on any atom is 0.305 e. The number of carbonyl (C=O) groups is 1. The molecule has 0 aromatic carbocycles. The minimum atomic E-state index is -0.0415. The lowest BCUT2D eigenvalue weighted by atomic mass is 9.90. The van der Waals surface area contributed by atoms with E-state index >= 15 is 0 Å². The van der Waals surface area contributed by atoms with Crippen LogP contribution in [0.15, 0.2) is 0 Å². The molecule has 1 aliphatic rings. The molecule has 0 aromatic rings. The zero-order valence-corrected chi connectivity index (χ0v) is 15.0. The van der Waals surface area contributed by atoms with Crippen LogP contribution >= 0.6 is 22.6 Å². The Morgan fingerprint density at radius 1 is 1.05 bits per heavy atom. The molecule has 1 rings (SSSR count). The van der Waals surface area contributed by atoms with Crippen molar-refractivity contribution in [3.63, 3.8) is 0 Å². The van der Waals surface area contributed by atoms with Gasteiger partial charge < -0.3 is 9.47 Å². The molecule has 4 heteroatoms. The van der Waals surface area contributed by atoms with Crippen LogP contribution in [0.5, 0.6) is 0 Å². The highest BCUT2D eigenvalue weighted by Gasteiger charge is 2.34. The van der Waals surface area contributed by atoms with E-state index in [0.717, 1.165) is 26.1 Å². The standard InChI is InChI=1S/C16H29IO3/c1-16(12-19-13-16)14-20-15(18)10-8-6-4-2-3-5-7-9-11-17/h2-14H2,1H3. The first-order valence-electron chi connectivity index (χ1n) is 7.96. The molecule has 0 atom stereocenters. The van der Waals surface area contributed by atoms with Gasteiger partial charge in [-0.25, -0.2) is 0 Å². The summed E-state index contributed by atoms with van der Waals surface area (Å²) in [5, 5.41) is 0. The van der Waals surface area contributed by atoms with Crippen molar-refractivity contribution >= 4 is 28.6 Å². The Balaban J connectivity index is 1.82. The van der Waals surface area contributed by atoms with E-state index in [9.17, 15) is 4.79 Å². The average Bonchev–Trinajstić information content (AvgIpc) is 2.41. The molecule has 0 N–H and O–H groups in total. The Kier molecular flexibility index (Phi) is 9.86. The molecule has 1 saturated heterocycles. The first-order valence-corrected chi connectivity index (χ1v) is 9.48. The lowest BCUT2D eigenvalue weighted by Gasteiger charge is -2.37. The minimum absolute atomic E-state index is 0.0415. The van der Waals surface area contributed by atoms with E-state index in [2.05, 4.69) is 29.5 Å². The van der Waals surface area contributed by atoms with Gasteiger partial charge >= 0.3 is 5.97 Å². The molecule has 1 fully saturated rings. The van der Waals surface area contributed by atoms with Crippen LogP contribution in [0, 0.1) is 5.41 Å². The predicted octanol–water partition coefficient (Wildman–Crippen LogP) is 4.51. The van der Waals surface area contributed by atoms with Crippen molar-refractivity contribution in [2.45, 2.75) is 64.7 Å². The van der Waals surface area contributed by atoms with E-state index in [0.29, 0.717) is 13.0 Å². The average molecular weight is 396 g/mol. The van der Waals surface area contributed by atoms with Crippen LogP contribution < -0.4 is 0 Å². The van der Waals surface area contributed by atoms with Gasteiger partial charge in [0.05, 0.1) is 13.2 Å². The monoisotopic (exact) mass is 396 g/mol. The number of rotatable bonds is 12. The van der Waals surface area contributed by atoms with Crippen LogP contribution in [0.2, 0.25) is 0 Å². The number of hydrogen-bond acceptors (Lipinski definition) is 3. The Morgan fingerprint density at radius 2 is 1.60 bits per heavy atom. The molecule has 0 aliphatic carbocycles. The van der Waals surface area contributed by atoms with Crippen molar-refractivity contribution in [1.82, 2.24) is 0 Å². The summed E-state index contributed by atoms with van der Waals surface area (Å²) in [5.41, 5.74) is 0.0770. The summed E-state index contributed by atoms with van der Waals surface area (Å²) in [7, 11) is 0. The van der Waals surface area contributed by atoms with Gasteiger partial charge in [0.1, 0.15) is 6.61 Å². The van der Waals surface area contributed by atoms with Crippen LogP contribution in [-0.2, 0) is 14.3 Å². The smallest absolute Gasteiger partial charge is 0.305 e. The quantitative estimate of drug-likeness (QED) is 0.211. The Bertz CT molecular complexity index is 264. The van der Waals surface area contributed by atoms with Crippen LogP contribution in [0.3, 0.4) is 0 Å². The fourth-order valence-corrected chi connectivity index (χ4v) is 2.82. The van der Waals surface area contributed by atoms with E-state index < -0.39 is 0 Å². The summed E-state index contributed by atoms with van der Waals surface area (Å²) in [6, 6.07) is 0. The summed E-state index contributed by atoms with van der Waals surface area (Å²) in [6.07, 6.45) is 10.7. The zero-order chi connectivity index (χ0) is 14.7. The molecular weight excluding hydrogens is 367 g/mol. The molecule has 0 bridgehead atoms. The molecule has 0 radical (unpaired) electrons. The maximum atomic E-state index is 11.6. The first-order chi connectivity index (χ1) is 9.66. The maximum absolute atomic E-state index is 11.6. The van der Waals surface area contributed by atoms with Crippen molar-refractivity contribution in [2.24, 2.45) is 5.41 Å². The van der Waals surface area contributed by atoms with E-state index in [1.165, 1.54) is 43.0 Å². The van der Waals surface area contributed by atoms with E-state index in [1.807, 2.05) is 0 Å². The topological polar surface area (TPSA) is 35.5 Å². The molecule has 0 aromatic heterocycles. The fourth-order valence-electron chi connectivity index (χ4n) is 2.29. The molecule has 20 heavy (non-hydrogen) atoms. The van der Waals surface area contributed by atoms with Crippen molar-refractivity contribution in [3.8, 4) is 0 Å². The van der Waals surface area contributed by atoms with Gasteiger partial charge in [0, 0.05) is 11.8 Å². The molecule has 118 valence electrons. The third kappa shape index (κ3) is 8.45. The number of unbranched alkanes of at least 4 members (excludes halogenated alkanes) is 7. The molecule has 0 unspecified atom stereocenters. The lowest BCUT2D eigenvalue weighted by Crippen LogP contribution is -2.44. The first kappa shape index (κ1) is 18.2. The highest BCUT2D eigenvalue weighted by Crippen LogP contribution is 2.26.